The molecule has 0 aliphatic heterocycles. The van der Waals surface area contributed by atoms with Gasteiger partial charge in [-0.25, -0.2) is 4.98 Å². The first-order valence-corrected chi connectivity index (χ1v) is 6.52. The van der Waals surface area contributed by atoms with Crippen molar-refractivity contribution in [1.29, 1.82) is 0 Å². The molecular weight excluding hydrogens is 236 g/mol. The van der Waals surface area contributed by atoms with Gasteiger partial charge in [-0.05, 0) is 43.1 Å². The molecule has 3 nitrogen and oxygen atoms in total. The summed E-state index contributed by atoms with van der Waals surface area (Å²) >= 11 is 0. The lowest BCUT2D eigenvalue weighted by molar-refractivity contribution is 0.613. The van der Waals surface area contributed by atoms with Gasteiger partial charge in [-0.2, -0.15) is 0 Å². The molecule has 0 radical (unpaired) electrons. The first-order valence-electron chi connectivity index (χ1n) is 6.52. The smallest absolute Gasteiger partial charge is 0.227 e. The van der Waals surface area contributed by atoms with E-state index in [-0.39, 0.29) is 0 Å². The van der Waals surface area contributed by atoms with E-state index in [0.29, 0.717) is 12.4 Å². The number of para-hydroxylation sites is 1. The van der Waals surface area contributed by atoms with Gasteiger partial charge in [0.25, 0.3) is 0 Å². The number of nitrogens with zero attached hydrogens (tertiary/aromatic N) is 1. The van der Waals surface area contributed by atoms with Crippen molar-refractivity contribution in [3.63, 3.8) is 0 Å². The van der Waals surface area contributed by atoms with Crippen LogP contribution in [0.2, 0.25) is 0 Å². The Morgan fingerprint density at radius 2 is 1.84 bits per heavy atom. The van der Waals surface area contributed by atoms with Crippen molar-refractivity contribution in [3.8, 4) is 11.5 Å². The Morgan fingerprint density at radius 3 is 2.63 bits per heavy atom. The summed E-state index contributed by atoms with van der Waals surface area (Å²) < 4.78 is 5.93. The highest BCUT2D eigenvalue weighted by Crippen LogP contribution is 2.26. The molecule has 2 N–H and O–H groups in total. The molecule has 0 spiro atoms. The number of benzene rings is 2. The Balaban J connectivity index is 2.05. The van der Waals surface area contributed by atoms with Crippen LogP contribution in [0.25, 0.3) is 22.6 Å². The monoisotopic (exact) mass is 252 g/mol. The zero-order valence-corrected chi connectivity index (χ0v) is 10.7. The number of hydrogen-bond acceptors (Lipinski definition) is 3. The molecule has 0 bridgehead atoms. The minimum Gasteiger partial charge on any atom is -0.436 e. The van der Waals surface area contributed by atoms with Crippen LogP contribution in [-0.2, 0) is 6.42 Å². The van der Waals surface area contributed by atoms with Gasteiger partial charge in [0.2, 0.25) is 5.89 Å². The van der Waals surface area contributed by atoms with Crippen LogP contribution in [0.1, 0.15) is 12.0 Å². The van der Waals surface area contributed by atoms with Gasteiger partial charge < -0.3 is 10.2 Å². The van der Waals surface area contributed by atoms with Crippen LogP contribution >= 0.6 is 0 Å². The summed E-state index contributed by atoms with van der Waals surface area (Å²) in [5, 5.41) is 0. The third-order valence-corrected chi connectivity index (χ3v) is 3.17. The van der Waals surface area contributed by atoms with Crippen LogP contribution in [0.5, 0.6) is 0 Å². The van der Waals surface area contributed by atoms with Gasteiger partial charge in [0.1, 0.15) is 5.52 Å². The Kier molecular flexibility index (Phi) is 3.29. The number of nitrogens with two attached hydrogens (primary N) is 1. The molecule has 3 rings (SSSR count). The zero-order valence-electron chi connectivity index (χ0n) is 10.7. The fourth-order valence-corrected chi connectivity index (χ4v) is 2.20. The highest BCUT2D eigenvalue weighted by atomic mass is 16.3. The van der Waals surface area contributed by atoms with Crippen molar-refractivity contribution in [3.05, 3.63) is 54.1 Å². The molecule has 2 aromatic carbocycles. The lowest BCUT2D eigenvalue weighted by atomic mass is 10.1. The van der Waals surface area contributed by atoms with Crippen molar-refractivity contribution in [1.82, 2.24) is 4.98 Å². The Hall–Kier alpha value is -2.13. The fourth-order valence-electron chi connectivity index (χ4n) is 2.20. The summed E-state index contributed by atoms with van der Waals surface area (Å²) in [6.07, 6.45) is 1.89. The Bertz CT molecular complexity index is 674. The highest BCUT2D eigenvalue weighted by Gasteiger charge is 2.10. The van der Waals surface area contributed by atoms with Crippen molar-refractivity contribution in [2.24, 2.45) is 5.73 Å². The van der Waals surface area contributed by atoms with Gasteiger partial charge in [-0.3, -0.25) is 0 Å². The molecular formula is C16H16N2O. The second-order valence-electron chi connectivity index (χ2n) is 4.54. The second-order valence-corrected chi connectivity index (χ2v) is 4.54. The minimum absolute atomic E-state index is 0.677. The predicted octanol–water partition coefficient (Wildman–Crippen LogP) is 3.39. The van der Waals surface area contributed by atoms with Crippen molar-refractivity contribution >= 4 is 11.1 Å². The number of oxazole rings is 1. The average Bonchev–Trinajstić information content (AvgIpc) is 2.90. The second kappa shape index (κ2) is 5.24. The summed E-state index contributed by atoms with van der Waals surface area (Å²) in [5.74, 6) is 0.677. The summed E-state index contributed by atoms with van der Waals surface area (Å²) in [4.78, 5) is 4.55. The van der Waals surface area contributed by atoms with Crippen LogP contribution in [0.15, 0.2) is 52.9 Å². The molecule has 3 heteroatoms. The maximum absolute atomic E-state index is 5.93. The zero-order chi connectivity index (χ0) is 13.1. The van der Waals surface area contributed by atoms with Crippen molar-refractivity contribution in [2.75, 3.05) is 6.54 Å². The van der Waals surface area contributed by atoms with E-state index in [1.165, 1.54) is 5.56 Å². The average molecular weight is 252 g/mol. The standard InChI is InChI=1S/C16H16N2O/c17-11-5-9-12-8-4-10-14-15(12)19-16(18-14)13-6-2-1-3-7-13/h1-4,6-8,10H,5,9,11,17H2. The Morgan fingerprint density at radius 1 is 1.00 bits per heavy atom. The molecule has 0 fully saturated rings. The van der Waals surface area contributed by atoms with Crippen LogP contribution in [0.3, 0.4) is 0 Å². The molecule has 19 heavy (non-hydrogen) atoms. The van der Waals surface area contributed by atoms with Gasteiger partial charge in [-0.15, -0.1) is 0 Å². The fraction of sp³-hybridized carbons (Fsp3) is 0.188. The van der Waals surface area contributed by atoms with Crippen LogP contribution in [-0.4, -0.2) is 11.5 Å². The number of rotatable bonds is 4. The van der Waals surface area contributed by atoms with Crippen molar-refractivity contribution in [2.45, 2.75) is 12.8 Å². The molecule has 0 amide bonds. The lowest BCUT2D eigenvalue weighted by Crippen LogP contribution is -2.00. The molecule has 96 valence electrons. The van der Waals surface area contributed by atoms with Crippen LogP contribution in [0.4, 0.5) is 0 Å². The van der Waals surface area contributed by atoms with E-state index >= 15 is 0 Å². The van der Waals surface area contributed by atoms with E-state index in [2.05, 4.69) is 11.1 Å². The van der Waals surface area contributed by atoms with E-state index < -0.39 is 0 Å². The third kappa shape index (κ3) is 2.37. The number of hydrogen-bond donors (Lipinski definition) is 1. The third-order valence-electron chi connectivity index (χ3n) is 3.17. The van der Waals surface area contributed by atoms with Gasteiger partial charge in [0, 0.05) is 5.56 Å². The summed E-state index contributed by atoms with van der Waals surface area (Å²) in [5.41, 5.74) is 9.55. The largest absolute Gasteiger partial charge is 0.436 e. The molecule has 0 aliphatic carbocycles. The van der Waals surface area contributed by atoms with E-state index in [1.54, 1.807) is 0 Å². The molecule has 0 unspecified atom stereocenters. The summed E-state index contributed by atoms with van der Waals surface area (Å²) in [6, 6.07) is 16.0. The molecule has 3 aromatic rings. The molecule has 0 atom stereocenters. The summed E-state index contributed by atoms with van der Waals surface area (Å²) in [7, 11) is 0. The SMILES string of the molecule is NCCCc1cccc2nc(-c3ccccc3)oc12. The lowest BCUT2D eigenvalue weighted by Gasteiger charge is -1.99. The molecule has 1 aromatic heterocycles. The van der Waals surface area contributed by atoms with E-state index in [1.807, 2.05) is 42.5 Å². The van der Waals surface area contributed by atoms with Gasteiger partial charge in [0.05, 0.1) is 0 Å². The Labute approximate surface area is 112 Å². The molecule has 0 aliphatic rings. The minimum atomic E-state index is 0.677. The predicted molar refractivity (Wildman–Crippen MR) is 76.8 cm³/mol. The van der Waals surface area contributed by atoms with E-state index in [4.69, 9.17) is 10.2 Å². The first kappa shape index (κ1) is 11.9. The molecule has 0 saturated heterocycles. The number of aromatic nitrogens is 1. The molecule has 0 saturated carbocycles. The van der Waals surface area contributed by atoms with Crippen LogP contribution < -0.4 is 5.73 Å². The maximum Gasteiger partial charge on any atom is 0.227 e. The normalized spacial score (nSPS) is 11.0. The van der Waals surface area contributed by atoms with E-state index in [9.17, 15) is 0 Å². The number of aryl methyl sites for hydroxylation is 1. The quantitative estimate of drug-likeness (QED) is 0.774. The van der Waals surface area contributed by atoms with E-state index in [0.717, 1.165) is 29.5 Å². The van der Waals surface area contributed by atoms with Gasteiger partial charge >= 0.3 is 0 Å². The maximum atomic E-state index is 5.93. The van der Waals surface area contributed by atoms with Crippen LogP contribution in [0, 0.1) is 0 Å². The van der Waals surface area contributed by atoms with Crippen molar-refractivity contribution < 1.29 is 4.42 Å². The summed E-state index contributed by atoms with van der Waals surface area (Å²) in [6.45, 7) is 0.691. The van der Waals surface area contributed by atoms with Gasteiger partial charge in [0.15, 0.2) is 5.58 Å². The van der Waals surface area contributed by atoms with Gasteiger partial charge in [-0.1, -0.05) is 30.3 Å². The first-order chi connectivity index (χ1) is 9.38. The highest BCUT2D eigenvalue weighted by molar-refractivity contribution is 5.79. The molecule has 1 heterocycles. The number of fused-ring (bicyclic) bond motifs is 1. The topological polar surface area (TPSA) is 52.0 Å².